The van der Waals surface area contributed by atoms with Crippen LogP contribution in [0.4, 0.5) is 0 Å². The van der Waals surface area contributed by atoms with E-state index in [0.29, 0.717) is 17.9 Å². The second kappa shape index (κ2) is 7.64. The molecule has 0 saturated carbocycles. The number of aliphatic hydroxyl groups is 1. The predicted molar refractivity (Wildman–Crippen MR) is 82.4 cm³/mol. The molecule has 116 valence electrons. The van der Waals surface area contributed by atoms with Crippen molar-refractivity contribution < 1.29 is 14.3 Å². The topological polar surface area (TPSA) is 69.6 Å². The lowest BCUT2D eigenvalue weighted by Gasteiger charge is -2.25. The highest BCUT2D eigenvalue weighted by molar-refractivity contribution is 5.34. The van der Waals surface area contributed by atoms with Crippen molar-refractivity contribution in [2.75, 3.05) is 20.2 Å². The largest absolute Gasteiger partial charge is 0.491 e. The smallest absolute Gasteiger partial charge is 0.120 e. The van der Waals surface area contributed by atoms with E-state index in [1.54, 1.807) is 30.5 Å². The Morgan fingerprint density at radius 3 is 2.64 bits per heavy atom. The second-order valence-corrected chi connectivity index (χ2v) is 5.23. The number of furan rings is 1. The second-order valence-electron chi connectivity index (χ2n) is 5.23. The molecular weight excluding hydrogens is 280 g/mol. The minimum atomic E-state index is -0.613. The van der Waals surface area contributed by atoms with Crippen LogP contribution in [0.3, 0.4) is 0 Å². The summed E-state index contributed by atoms with van der Waals surface area (Å²) in [6.45, 7) is 2.69. The summed E-state index contributed by atoms with van der Waals surface area (Å²) < 4.78 is 10.9. The summed E-state index contributed by atoms with van der Waals surface area (Å²) in [6.07, 6.45) is 1.03. The molecule has 5 nitrogen and oxygen atoms in total. The molecule has 0 radical (unpaired) electrons. The maximum absolute atomic E-state index is 10.1. The molecule has 0 fully saturated rings. The molecule has 0 aliphatic carbocycles. The van der Waals surface area contributed by atoms with Gasteiger partial charge in [-0.2, -0.15) is 5.26 Å². The van der Waals surface area contributed by atoms with Gasteiger partial charge in [0.1, 0.15) is 24.2 Å². The van der Waals surface area contributed by atoms with Crippen molar-refractivity contribution in [3.63, 3.8) is 0 Å². The summed E-state index contributed by atoms with van der Waals surface area (Å²) in [5, 5.41) is 18.8. The molecule has 1 aromatic heterocycles. The minimum Gasteiger partial charge on any atom is -0.491 e. The van der Waals surface area contributed by atoms with Gasteiger partial charge in [0.05, 0.1) is 23.9 Å². The van der Waals surface area contributed by atoms with Gasteiger partial charge in [-0.1, -0.05) is 0 Å². The van der Waals surface area contributed by atoms with Crippen molar-refractivity contribution in [1.82, 2.24) is 4.90 Å². The SMILES string of the molecule is CC(c1ccco1)N(C)CC(O)COc1ccc(C#N)cc1. The Morgan fingerprint density at radius 2 is 2.05 bits per heavy atom. The first-order chi connectivity index (χ1) is 10.6. The molecule has 0 saturated heterocycles. The molecule has 22 heavy (non-hydrogen) atoms. The van der Waals surface area contributed by atoms with E-state index in [1.807, 2.05) is 31.0 Å². The van der Waals surface area contributed by atoms with Gasteiger partial charge < -0.3 is 14.3 Å². The van der Waals surface area contributed by atoms with Gasteiger partial charge in [-0.05, 0) is 50.4 Å². The Morgan fingerprint density at radius 1 is 1.32 bits per heavy atom. The van der Waals surface area contributed by atoms with Crippen molar-refractivity contribution >= 4 is 0 Å². The number of aliphatic hydroxyl groups excluding tert-OH is 1. The lowest BCUT2D eigenvalue weighted by atomic mass is 10.2. The standard InChI is InChI=1S/C17H20N2O3/c1-13(17-4-3-9-21-17)19(2)11-15(20)12-22-16-7-5-14(10-18)6-8-16/h3-9,13,15,20H,11-12H2,1-2H3. The van der Waals surface area contributed by atoms with Crippen LogP contribution in [0.15, 0.2) is 47.1 Å². The lowest BCUT2D eigenvalue weighted by Crippen LogP contribution is -2.34. The van der Waals surface area contributed by atoms with Crippen LogP contribution in [0.2, 0.25) is 0 Å². The van der Waals surface area contributed by atoms with E-state index in [-0.39, 0.29) is 12.6 Å². The predicted octanol–water partition coefficient (Wildman–Crippen LogP) is 2.58. The first kappa shape index (κ1) is 16.1. The molecule has 2 unspecified atom stereocenters. The molecule has 5 heteroatoms. The average molecular weight is 300 g/mol. The number of hydrogen-bond donors (Lipinski definition) is 1. The molecule has 2 rings (SSSR count). The molecule has 2 aromatic rings. The molecule has 0 bridgehead atoms. The van der Waals surface area contributed by atoms with Crippen molar-refractivity contribution in [1.29, 1.82) is 5.26 Å². The average Bonchev–Trinajstić information content (AvgIpc) is 3.07. The quantitative estimate of drug-likeness (QED) is 0.851. The summed E-state index contributed by atoms with van der Waals surface area (Å²) in [7, 11) is 1.93. The third kappa shape index (κ3) is 4.35. The highest BCUT2D eigenvalue weighted by Crippen LogP contribution is 2.19. The Labute approximate surface area is 130 Å². The zero-order chi connectivity index (χ0) is 15.9. The van der Waals surface area contributed by atoms with E-state index in [4.69, 9.17) is 14.4 Å². The zero-order valence-corrected chi connectivity index (χ0v) is 12.8. The number of benzene rings is 1. The molecular formula is C17H20N2O3. The highest BCUT2D eigenvalue weighted by atomic mass is 16.5. The third-order valence-corrected chi connectivity index (χ3v) is 3.54. The van der Waals surface area contributed by atoms with Crippen LogP contribution in [0.1, 0.15) is 24.3 Å². The van der Waals surface area contributed by atoms with E-state index in [2.05, 4.69) is 6.07 Å². The molecule has 1 N–H and O–H groups in total. The van der Waals surface area contributed by atoms with Crippen LogP contribution in [0, 0.1) is 11.3 Å². The number of nitrogens with zero attached hydrogens (tertiary/aromatic N) is 2. The maximum Gasteiger partial charge on any atom is 0.120 e. The van der Waals surface area contributed by atoms with Crippen LogP contribution >= 0.6 is 0 Å². The molecule has 1 heterocycles. The Balaban J connectivity index is 1.79. The van der Waals surface area contributed by atoms with Gasteiger partial charge in [0, 0.05) is 6.54 Å². The molecule has 0 aliphatic rings. The van der Waals surface area contributed by atoms with Gasteiger partial charge in [-0.15, -0.1) is 0 Å². The monoisotopic (exact) mass is 300 g/mol. The molecule has 0 aliphatic heterocycles. The first-order valence-corrected chi connectivity index (χ1v) is 7.15. The Kier molecular flexibility index (Phi) is 5.59. The van der Waals surface area contributed by atoms with Crippen LogP contribution in [-0.2, 0) is 0 Å². The number of hydrogen-bond acceptors (Lipinski definition) is 5. The van der Waals surface area contributed by atoms with Crippen molar-refractivity contribution in [2.24, 2.45) is 0 Å². The fourth-order valence-electron chi connectivity index (χ4n) is 2.11. The molecule has 0 spiro atoms. The Hall–Kier alpha value is -2.29. The summed E-state index contributed by atoms with van der Waals surface area (Å²) >= 11 is 0. The van der Waals surface area contributed by atoms with Crippen molar-refractivity contribution in [2.45, 2.75) is 19.1 Å². The van der Waals surface area contributed by atoms with Gasteiger partial charge in [0.25, 0.3) is 0 Å². The maximum atomic E-state index is 10.1. The summed E-state index contributed by atoms with van der Waals surface area (Å²) in [5.74, 6) is 1.50. The van der Waals surface area contributed by atoms with Crippen molar-refractivity contribution in [3.05, 3.63) is 54.0 Å². The Bertz CT molecular complexity index is 602. The number of likely N-dealkylation sites (N-methyl/N-ethyl adjacent to an activating group) is 1. The first-order valence-electron chi connectivity index (χ1n) is 7.15. The van der Waals surface area contributed by atoms with Crippen molar-refractivity contribution in [3.8, 4) is 11.8 Å². The summed E-state index contributed by atoms with van der Waals surface area (Å²) in [5.41, 5.74) is 0.583. The number of ether oxygens (including phenoxy) is 1. The fraction of sp³-hybridized carbons (Fsp3) is 0.353. The van der Waals surface area contributed by atoms with E-state index in [1.165, 1.54) is 0 Å². The molecule has 2 atom stereocenters. The number of nitriles is 1. The summed E-state index contributed by atoms with van der Waals surface area (Å²) in [6, 6.07) is 12.7. The highest BCUT2D eigenvalue weighted by Gasteiger charge is 2.17. The minimum absolute atomic E-state index is 0.0829. The van der Waals surface area contributed by atoms with E-state index >= 15 is 0 Å². The van der Waals surface area contributed by atoms with Gasteiger partial charge in [-0.25, -0.2) is 0 Å². The number of rotatable bonds is 7. The van der Waals surface area contributed by atoms with Crippen LogP contribution < -0.4 is 4.74 Å². The lowest BCUT2D eigenvalue weighted by molar-refractivity contribution is 0.0622. The zero-order valence-electron chi connectivity index (χ0n) is 12.8. The third-order valence-electron chi connectivity index (χ3n) is 3.54. The molecule has 0 amide bonds. The summed E-state index contributed by atoms with van der Waals surface area (Å²) in [4.78, 5) is 2.01. The van der Waals surface area contributed by atoms with Gasteiger partial charge in [0.15, 0.2) is 0 Å². The van der Waals surface area contributed by atoms with Gasteiger partial charge >= 0.3 is 0 Å². The van der Waals surface area contributed by atoms with E-state index in [0.717, 1.165) is 5.76 Å². The van der Waals surface area contributed by atoms with Gasteiger partial charge in [-0.3, -0.25) is 4.90 Å². The van der Waals surface area contributed by atoms with Crippen LogP contribution in [0.25, 0.3) is 0 Å². The van der Waals surface area contributed by atoms with Crippen LogP contribution in [0.5, 0.6) is 5.75 Å². The van der Waals surface area contributed by atoms with Gasteiger partial charge in [0.2, 0.25) is 0 Å². The van der Waals surface area contributed by atoms with Crippen LogP contribution in [-0.4, -0.2) is 36.3 Å². The van der Waals surface area contributed by atoms with E-state index in [9.17, 15) is 5.11 Å². The fourth-order valence-corrected chi connectivity index (χ4v) is 2.11. The normalized spacial score (nSPS) is 13.6. The molecule has 1 aromatic carbocycles. The van der Waals surface area contributed by atoms with E-state index < -0.39 is 6.10 Å².